The number of rotatable bonds is 4. The number of sulfonamides is 1. The molecule has 0 amide bonds. The molecule has 2 rings (SSSR count). The van der Waals surface area contributed by atoms with Gasteiger partial charge in [-0.25, -0.2) is 12.7 Å². The van der Waals surface area contributed by atoms with Crippen molar-refractivity contribution >= 4 is 10.0 Å². The first kappa shape index (κ1) is 14.3. The Balaban J connectivity index is 1.91. The van der Waals surface area contributed by atoms with E-state index in [1.165, 1.54) is 12.8 Å². The summed E-state index contributed by atoms with van der Waals surface area (Å²) in [6, 6.07) is 0. The van der Waals surface area contributed by atoms with Crippen LogP contribution < -0.4 is 5.32 Å². The van der Waals surface area contributed by atoms with Crippen LogP contribution in [0.2, 0.25) is 0 Å². The molecule has 0 bridgehead atoms. The molecule has 2 heterocycles. The lowest BCUT2D eigenvalue weighted by Gasteiger charge is -2.35. The predicted octanol–water partition coefficient (Wildman–Crippen LogP) is 1.58. The first-order valence-corrected chi connectivity index (χ1v) is 8.84. The van der Waals surface area contributed by atoms with Crippen LogP contribution in [-0.2, 0) is 10.0 Å². The molecule has 5 heteroatoms. The van der Waals surface area contributed by atoms with Gasteiger partial charge in [-0.15, -0.1) is 0 Å². The van der Waals surface area contributed by atoms with Crippen LogP contribution in [0.3, 0.4) is 0 Å². The topological polar surface area (TPSA) is 49.4 Å². The fourth-order valence-corrected chi connectivity index (χ4v) is 5.14. The highest BCUT2D eigenvalue weighted by Gasteiger charge is 2.34. The van der Waals surface area contributed by atoms with Crippen LogP contribution in [0.4, 0.5) is 0 Å². The number of piperidine rings is 2. The molecule has 2 aliphatic heterocycles. The van der Waals surface area contributed by atoms with Crippen molar-refractivity contribution in [2.75, 3.05) is 26.2 Å². The van der Waals surface area contributed by atoms with E-state index in [2.05, 4.69) is 12.2 Å². The van der Waals surface area contributed by atoms with Gasteiger partial charge in [0.25, 0.3) is 0 Å². The van der Waals surface area contributed by atoms with Crippen molar-refractivity contribution in [3.05, 3.63) is 0 Å². The summed E-state index contributed by atoms with van der Waals surface area (Å²) in [6.07, 6.45) is 6.12. The highest BCUT2D eigenvalue weighted by molar-refractivity contribution is 7.89. The Kier molecular flexibility index (Phi) is 5.04. The minimum Gasteiger partial charge on any atom is -0.317 e. The van der Waals surface area contributed by atoms with Crippen LogP contribution in [0.25, 0.3) is 0 Å². The normalized spacial score (nSPS) is 25.4. The van der Waals surface area contributed by atoms with Crippen LogP contribution >= 0.6 is 0 Å². The molecule has 0 saturated carbocycles. The molecule has 0 aromatic rings. The zero-order valence-electron chi connectivity index (χ0n) is 11.4. The molecule has 1 N–H and O–H groups in total. The third-order valence-corrected chi connectivity index (χ3v) is 6.74. The van der Waals surface area contributed by atoms with Crippen molar-refractivity contribution in [1.29, 1.82) is 0 Å². The van der Waals surface area contributed by atoms with Gasteiger partial charge in [-0.1, -0.05) is 19.8 Å². The summed E-state index contributed by atoms with van der Waals surface area (Å²) in [5, 5.41) is 3.09. The number of hydrogen-bond acceptors (Lipinski definition) is 3. The van der Waals surface area contributed by atoms with Gasteiger partial charge in [-0.05, 0) is 44.7 Å². The maximum absolute atomic E-state index is 12.5. The van der Waals surface area contributed by atoms with Gasteiger partial charge in [-0.2, -0.15) is 0 Å². The molecule has 0 aromatic heterocycles. The third-order valence-electron chi connectivity index (χ3n) is 4.34. The van der Waals surface area contributed by atoms with Gasteiger partial charge >= 0.3 is 0 Å². The van der Waals surface area contributed by atoms with E-state index in [1.54, 1.807) is 4.31 Å². The van der Waals surface area contributed by atoms with E-state index in [0.717, 1.165) is 57.8 Å². The average Bonchev–Trinajstić information content (AvgIpc) is 2.41. The highest BCUT2D eigenvalue weighted by atomic mass is 32.2. The first-order valence-electron chi connectivity index (χ1n) is 7.34. The lowest BCUT2D eigenvalue weighted by atomic mass is 9.94. The number of nitrogens with zero attached hydrogens (tertiary/aromatic N) is 1. The Bertz CT molecular complexity index is 342. The summed E-state index contributed by atoms with van der Waals surface area (Å²) < 4.78 is 26.8. The summed E-state index contributed by atoms with van der Waals surface area (Å²) in [5.41, 5.74) is 0. The van der Waals surface area contributed by atoms with Gasteiger partial charge in [0.2, 0.25) is 10.0 Å². The van der Waals surface area contributed by atoms with Crippen molar-refractivity contribution in [2.45, 2.75) is 50.7 Å². The van der Waals surface area contributed by atoms with Gasteiger partial charge in [0.1, 0.15) is 0 Å². The lowest BCUT2D eigenvalue weighted by Crippen LogP contribution is -2.46. The maximum Gasteiger partial charge on any atom is 0.217 e. The Hall–Kier alpha value is -0.130. The molecule has 2 saturated heterocycles. The van der Waals surface area contributed by atoms with Gasteiger partial charge in [0.15, 0.2) is 0 Å². The van der Waals surface area contributed by atoms with Crippen molar-refractivity contribution in [1.82, 2.24) is 9.62 Å². The van der Waals surface area contributed by atoms with Gasteiger partial charge in [0, 0.05) is 13.1 Å². The van der Waals surface area contributed by atoms with E-state index >= 15 is 0 Å². The molecule has 0 atom stereocenters. The Morgan fingerprint density at radius 2 is 1.72 bits per heavy atom. The Morgan fingerprint density at radius 1 is 1.11 bits per heavy atom. The van der Waals surface area contributed by atoms with E-state index in [9.17, 15) is 8.42 Å². The molecular weight excluding hydrogens is 248 g/mol. The monoisotopic (exact) mass is 274 g/mol. The predicted molar refractivity (Wildman–Crippen MR) is 74.0 cm³/mol. The second kappa shape index (κ2) is 6.35. The lowest BCUT2D eigenvalue weighted by molar-refractivity contribution is 0.258. The van der Waals surface area contributed by atoms with Gasteiger partial charge < -0.3 is 5.32 Å². The van der Waals surface area contributed by atoms with Crippen LogP contribution in [0.15, 0.2) is 0 Å². The number of nitrogens with one attached hydrogen (secondary N) is 1. The summed E-state index contributed by atoms with van der Waals surface area (Å²) >= 11 is 0. The zero-order chi connectivity index (χ0) is 13.0. The molecule has 106 valence electrons. The molecule has 2 aliphatic rings. The SMILES string of the molecule is CCCC1CCN(S(=O)(=O)C2CCNCC2)CC1. The van der Waals surface area contributed by atoms with Crippen molar-refractivity contribution in [2.24, 2.45) is 5.92 Å². The average molecular weight is 274 g/mol. The van der Waals surface area contributed by atoms with E-state index in [1.807, 2.05) is 0 Å². The van der Waals surface area contributed by atoms with Crippen LogP contribution in [0.5, 0.6) is 0 Å². The van der Waals surface area contributed by atoms with E-state index in [4.69, 9.17) is 0 Å². The maximum atomic E-state index is 12.5. The van der Waals surface area contributed by atoms with Crippen molar-refractivity contribution in [3.8, 4) is 0 Å². The standard InChI is InChI=1S/C13H26N2O2S/c1-2-3-12-6-10-15(11-7-12)18(16,17)13-4-8-14-9-5-13/h12-14H,2-11H2,1H3. The molecule has 0 spiro atoms. The van der Waals surface area contributed by atoms with Crippen LogP contribution in [0.1, 0.15) is 45.4 Å². The Morgan fingerprint density at radius 3 is 2.28 bits per heavy atom. The molecule has 0 radical (unpaired) electrons. The highest BCUT2D eigenvalue weighted by Crippen LogP contribution is 2.26. The van der Waals surface area contributed by atoms with Crippen LogP contribution in [0, 0.1) is 5.92 Å². The first-order chi connectivity index (χ1) is 8.64. The molecule has 2 fully saturated rings. The quantitative estimate of drug-likeness (QED) is 0.847. The van der Waals surface area contributed by atoms with Gasteiger partial charge in [0.05, 0.1) is 5.25 Å². The molecule has 4 nitrogen and oxygen atoms in total. The fourth-order valence-electron chi connectivity index (χ4n) is 3.16. The summed E-state index contributed by atoms with van der Waals surface area (Å²) in [6.45, 7) is 5.39. The summed E-state index contributed by atoms with van der Waals surface area (Å²) in [4.78, 5) is 0. The molecular formula is C13H26N2O2S. The minimum atomic E-state index is -3.03. The molecule has 0 aliphatic carbocycles. The second-order valence-electron chi connectivity index (χ2n) is 5.63. The second-order valence-corrected chi connectivity index (χ2v) is 7.84. The van der Waals surface area contributed by atoms with Crippen molar-refractivity contribution < 1.29 is 8.42 Å². The zero-order valence-corrected chi connectivity index (χ0v) is 12.2. The van der Waals surface area contributed by atoms with Crippen LogP contribution in [-0.4, -0.2) is 44.2 Å². The van der Waals surface area contributed by atoms with E-state index in [0.29, 0.717) is 0 Å². The molecule has 18 heavy (non-hydrogen) atoms. The summed E-state index contributed by atoms with van der Waals surface area (Å²) in [7, 11) is -3.03. The largest absolute Gasteiger partial charge is 0.317 e. The minimum absolute atomic E-state index is 0.138. The van der Waals surface area contributed by atoms with E-state index in [-0.39, 0.29) is 5.25 Å². The summed E-state index contributed by atoms with van der Waals surface area (Å²) in [5.74, 6) is 0.745. The number of hydrogen-bond donors (Lipinski definition) is 1. The third kappa shape index (κ3) is 3.25. The smallest absolute Gasteiger partial charge is 0.217 e. The van der Waals surface area contributed by atoms with Crippen molar-refractivity contribution in [3.63, 3.8) is 0 Å². The Labute approximate surface area is 111 Å². The fraction of sp³-hybridized carbons (Fsp3) is 1.00. The molecule has 0 aromatic carbocycles. The van der Waals surface area contributed by atoms with E-state index < -0.39 is 10.0 Å². The van der Waals surface area contributed by atoms with Gasteiger partial charge in [-0.3, -0.25) is 0 Å². The molecule has 0 unspecified atom stereocenters.